The average molecular weight is 262 g/mol. The van der Waals surface area contributed by atoms with Gasteiger partial charge in [0.25, 0.3) is 5.91 Å². The summed E-state index contributed by atoms with van der Waals surface area (Å²) in [4.78, 5) is 12.1. The van der Waals surface area contributed by atoms with Gasteiger partial charge in [-0.15, -0.1) is 5.10 Å². The summed E-state index contributed by atoms with van der Waals surface area (Å²) in [6, 6.07) is 9.77. The molecule has 1 aromatic carbocycles. The molecule has 0 aliphatic heterocycles. The predicted molar refractivity (Wildman–Crippen MR) is 70.2 cm³/mol. The molecule has 0 bridgehead atoms. The van der Waals surface area contributed by atoms with E-state index in [1.54, 1.807) is 0 Å². The number of carbonyl (C=O) groups excluding carboxylic acids is 1. The average Bonchev–Trinajstić information content (AvgIpc) is 2.93. The van der Waals surface area contributed by atoms with E-state index in [-0.39, 0.29) is 11.9 Å². The first kappa shape index (κ1) is 12.7. The Hall–Kier alpha value is -1.79. The molecule has 0 saturated heterocycles. The zero-order valence-electron chi connectivity index (χ0n) is 9.74. The minimum atomic E-state index is -0.148. The van der Waals surface area contributed by atoms with Gasteiger partial charge in [0, 0.05) is 12.6 Å². The third-order valence-electron chi connectivity index (χ3n) is 2.55. The fourth-order valence-electron chi connectivity index (χ4n) is 1.56. The maximum Gasteiger partial charge on any atom is 0.264 e. The summed E-state index contributed by atoms with van der Waals surface area (Å²) in [5.41, 5.74) is 7.10. The molecule has 2 rings (SSSR count). The van der Waals surface area contributed by atoms with Crippen molar-refractivity contribution < 1.29 is 4.79 Å². The Morgan fingerprint density at radius 3 is 2.83 bits per heavy atom. The van der Waals surface area contributed by atoms with Crippen molar-refractivity contribution in [1.29, 1.82) is 0 Å². The lowest BCUT2D eigenvalue weighted by Gasteiger charge is -2.11. The summed E-state index contributed by atoms with van der Waals surface area (Å²) in [5.74, 6) is -0.148. The number of hydrogen-bond donors (Lipinski definition) is 2. The van der Waals surface area contributed by atoms with Gasteiger partial charge in [-0.1, -0.05) is 34.8 Å². The van der Waals surface area contributed by atoms with E-state index in [0.717, 1.165) is 17.1 Å². The monoisotopic (exact) mass is 262 g/mol. The standard InChI is InChI=1S/C12H14N4OS/c13-10(9-4-2-1-3-5-9)6-7-14-12(17)11-8-15-16-18-11/h1-5,8,10H,6-7,13H2,(H,14,17). The van der Waals surface area contributed by atoms with Gasteiger partial charge in [0.1, 0.15) is 4.88 Å². The van der Waals surface area contributed by atoms with Crippen LogP contribution in [0.2, 0.25) is 0 Å². The number of nitrogens with one attached hydrogen (secondary N) is 1. The normalized spacial score (nSPS) is 12.1. The van der Waals surface area contributed by atoms with Gasteiger partial charge in [-0.05, 0) is 23.5 Å². The number of carbonyl (C=O) groups is 1. The largest absolute Gasteiger partial charge is 0.351 e. The molecule has 94 valence electrons. The van der Waals surface area contributed by atoms with Crippen molar-refractivity contribution >= 4 is 17.4 Å². The van der Waals surface area contributed by atoms with Gasteiger partial charge < -0.3 is 11.1 Å². The second-order valence-electron chi connectivity index (χ2n) is 3.84. The van der Waals surface area contributed by atoms with Gasteiger partial charge in [-0.3, -0.25) is 4.79 Å². The maximum absolute atomic E-state index is 11.6. The number of aromatic nitrogens is 2. The molecule has 6 heteroatoms. The Morgan fingerprint density at radius 2 is 2.17 bits per heavy atom. The van der Waals surface area contributed by atoms with Crippen molar-refractivity contribution in [2.45, 2.75) is 12.5 Å². The molecular weight excluding hydrogens is 248 g/mol. The van der Waals surface area contributed by atoms with Gasteiger partial charge >= 0.3 is 0 Å². The summed E-state index contributed by atoms with van der Waals surface area (Å²) >= 11 is 1.08. The minimum Gasteiger partial charge on any atom is -0.351 e. The third kappa shape index (κ3) is 3.35. The van der Waals surface area contributed by atoms with E-state index in [2.05, 4.69) is 14.9 Å². The molecule has 0 radical (unpaired) electrons. The zero-order valence-corrected chi connectivity index (χ0v) is 10.6. The molecule has 1 amide bonds. The zero-order chi connectivity index (χ0) is 12.8. The Bertz CT molecular complexity index is 486. The van der Waals surface area contributed by atoms with Crippen LogP contribution in [0.3, 0.4) is 0 Å². The number of benzene rings is 1. The van der Waals surface area contributed by atoms with Crippen molar-refractivity contribution in [2.75, 3.05) is 6.54 Å². The number of nitrogens with zero attached hydrogens (tertiary/aromatic N) is 2. The van der Waals surface area contributed by atoms with Crippen LogP contribution in [0.5, 0.6) is 0 Å². The number of amides is 1. The minimum absolute atomic E-state index is 0.0638. The Labute approximate surface area is 109 Å². The molecule has 1 unspecified atom stereocenters. The highest BCUT2D eigenvalue weighted by Gasteiger charge is 2.09. The van der Waals surface area contributed by atoms with Crippen LogP contribution >= 0.6 is 11.5 Å². The molecule has 0 spiro atoms. The highest BCUT2D eigenvalue weighted by Crippen LogP contribution is 2.12. The molecule has 3 N–H and O–H groups in total. The third-order valence-corrected chi connectivity index (χ3v) is 3.22. The van der Waals surface area contributed by atoms with Crippen molar-refractivity contribution in [1.82, 2.24) is 14.9 Å². The lowest BCUT2D eigenvalue weighted by Crippen LogP contribution is -2.26. The first-order valence-corrected chi connectivity index (χ1v) is 6.41. The van der Waals surface area contributed by atoms with Crippen LogP contribution in [-0.4, -0.2) is 22.0 Å². The summed E-state index contributed by atoms with van der Waals surface area (Å²) in [7, 11) is 0. The SMILES string of the molecule is NC(CCNC(=O)c1cnns1)c1ccccc1. The number of rotatable bonds is 5. The van der Waals surface area contributed by atoms with Crippen molar-refractivity contribution in [3.05, 3.63) is 47.0 Å². The highest BCUT2D eigenvalue weighted by atomic mass is 32.1. The number of nitrogens with two attached hydrogens (primary N) is 1. The van der Waals surface area contributed by atoms with E-state index in [1.165, 1.54) is 6.20 Å². The predicted octanol–water partition coefficient (Wildman–Crippen LogP) is 1.36. The maximum atomic E-state index is 11.6. The van der Waals surface area contributed by atoms with Crippen LogP contribution in [0.1, 0.15) is 27.7 Å². The number of hydrogen-bond acceptors (Lipinski definition) is 5. The molecule has 0 aliphatic rings. The second kappa shape index (κ2) is 6.23. The van der Waals surface area contributed by atoms with Gasteiger partial charge in [0.05, 0.1) is 6.20 Å². The highest BCUT2D eigenvalue weighted by molar-refractivity contribution is 7.07. The van der Waals surface area contributed by atoms with E-state index in [0.29, 0.717) is 17.8 Å². The summed E-state index contributed by atoms with van der Waals surface area (Å²) in [6.45, 7) is 0.535. The fraction of sp³-hybridized carbons (Fsp3) is 0.250. The summed E-state index contributed by atoms with van der Waals surface area (Å²) < 4.78 is 3.64. The molecule has 1 aromatic heterocycles. The molecule has 0 saturated carbocycles. The summed E-state index contributed by atoms with van der Waals surface area (Å²) in [6.07, 6.45) is 2.15. The Kier molecular flexibility index (Phi) is 4.38. The van der Waals surface area contributed by atoms with Gasteiger partial charge in [0.2, 0.25) is 0 Å². The van der Waals surface area contributed by atoms with Crippen LogP contribution in [0, 0.1) is 0 Å². The van der Waals surface area contributed by atoms with Crippen LogP contribution in [-0.2, 0) is 0 Å². The first-order valence-electron chi connectivity index (χ1n) is 5.63. The Morgan fingerprint density at radius 1 is 1.39 bits per heavy atom. The Balaban J connectivity index is 1.77. The van der Waals surface area contributed by atoms with E-state index in [4.69, 9.17) is 5.73 Å². The van der Waals surface area contributed by atoms with E-state index >= 15 is 0 Å². The van der Waals surface area contributed by atoms with Crippen molar-refractivity contribution in [3.8, 4) is 0 Å². The molecule has 0 aliphatic carbocycles. The molecular formula is C12H14N4OS. The summed E-state index contributed by atoms with van der Waals surface area (Å²) in [5, 5.41) is 6.41. The molecule has 0 fully saturated rings. The van der Waals surface area contributed by atoms with E-state index < -0.39 is 0 Å². The van der Waals surface area contributed by atoms with E-state index in [1.807, 2.05) is 30.3 Å². The smallest absolute Gasteiger partial charge is 0.264 e. The van der Waals surface area contributed by atoms with Gasteiger partial charge in [0.15, 0.2) is 0 Å². The fourth-order valence-corrected chi connectivity index (χ4v) is 1.99. The topological polar surface area (TPSA) is 80.9 Å². The van der Waals surface area contributed by atoms with Crippen LogP contribution in [0.25, 0.3) is 0 Å². The molecule has 2 aromatic rings. The molecule has 1 heterocycles. The lowest BCUT2D eigenvalue weighted by molar-refractivity contribution is 0.0956. The van der Waals surface area contributed by atoms with Gasteiger partial charge in [-0.25, -0.2) is 0 Å². The lowest BCUT2D eigenvalue weighted by atomic mass is 10.1. The van der Waals surface area contributed by atoms with Crippen LogP contribution in [0.15, 0.2) is 36.5 Å². The van der Waals surface area contributed by atoms with Crippen molar-refractivity contribution in [3.63, 3.8) is 0 Å². The van der Waals surface area contributed by atoms with E-state index in [9.17, 15) is 4.79 Å². The second-order valence-corrected chi connectivity index (χ2v) is 4.63. The van der Waals surface area contributed by atoms with Crippen molar-refractivity contribution in [2.24, 2.45) is 5.73 Å². The van der Waals surface area contributed by atoms with Gasteiger partial charge in [-0.2, -0.15) is 0 Å². The molecule has 1 atom stereocenters. The molecule has 5 nitrogen and oxygen atoms in total. The first-order chi connectivity index (χ1) is 8.77. The molecule has 18 heavy (non-hydrogen) atoms. The quantitative estimate of drug-likeness (QED) is 0.852. The van der Waals surface area contributed by atoms with Crippen LogP contribution < -0.4 is 11.1 Å². The van der Waals surface area contributed by atoms with Crippen LogP contribution in [0.4, 0.5) is 0 Å².